The third-order valence-electron chi connectivity index (χ3n) is 6.35. The second-order valence-corrected chi connectivity index (χ2v) is 10.1. The van der Waals surface area contributed by atoms with E-state index in [1.54, 1.807) is 0 Å². The molecule has 38 heavy (non-hydrogen) atoms. The van der Waals surface area contributed by atoms with Crippen molar-refractivity contribution < 1.29 is 19.1 Å². The summed E-state index contributed by atoms with van der Waals surface area (Å²) in [5.41, 5.74) is 17.6. The Morgan fingerprint density at radius 3 is 1.34 bits per heavy atom. The van der Waals surface area contributed by atoms with E-state index in [1.165, 1.54) is 26.6 Å². The van der Waals surface area contributed by atoms with Crippen molar-refractivity contribution in [1.29, 1.82) is 0 Å². The molecule has 0 fully saturated rings. The zero-order chi connectivity index (χ0) is 27.7. The maximum atomic E-state index is 12.3. The molecule has 0 radical (unpaired) electrons. The third kappa shape index (κ3) is 4.65. The highest BCUT2D eigenvalue weighted by Crippen LogP contribution is 2.44. The lowest BCUT2D eigenvalue weighted by Crippen LogP contribution is -2.16. The normalized spacial score (nSPS) is 10.8. The number of nitrogens with two attached hydrogens (primary N) is 2. The molecule has 0 aliphatic rings. The van der Waals surface area contributed by atoms with Crippen LogP contribution in [0, 0.1) is 13.8 Å². The second kappa shape index (κ2) is 10.9. The predicted molar refractivity (Wildman–Crippen MR) is 153 cm³/mol. The number of aromatic nitrogens is 2. The molecule has 2 amide bonds. The fourth-order valence-corrected chi connectivity index (χ4v) is 5.54. The van der Waals surface area contributed by atoms with Gasteiger partial charge in [-0.2, -0.15) is 0 Å². The monoisotopic (exact) mass is 638 g/mol. The molecular weight excluding hydrogens is 616 g/mol. The standard InChI is InChI=1S/C28H24Br2N4O4/c1-13-15(7-5-9-17(13)21-23(27(31)35)33-11-19(29)25(21)37-3)16-8-6-10-18(14(16)2)22-24(28(32)36)34-12-20(30)26(22)38-4/h5-12H,1-4H3,(H2,31,35)(H2,32,36). The van der Waals surface area contributed by atoms with Crippen molar-refractivity contribution in [3.05, 3.63) is 80.3 Å². The number of methoxy groups -OCH3 is 2. The summed E-state index contributed by atoms with van der Waals surface area (Å²) in [6, 6.07) is 11.5. The molecule has 0 saturated heterocycles. The van der Waals surface area contributed by atoms with Crippen LogP contribution in [0.25, 0.3) is 33.4 Å². The number of primary amides is 2. The summed E-state index contributed by atoms with van der Waals surface area (Å²) in [6.07, 6.45) is 2.98. The number of benzene rings is 2. The van der Waals surface area contributed by atoms with Crippen molar-refractivity contribution in [1.82, 2.24) is 9.97 Å². The van der Waals surface area contributed by atoms with E-state index in [4.69, 9.17) is 20.9 Å². The molecule has 4 N–H and O–H groups in total. The lowest BCUT2D eigenvalue weighted by molar-refractivity contribution is 0.0987. The molecule has 2 aromatic carbocycles. The van der Waals surface area contributed by atoms with Crippen LogP contribution in [-0.4, -0.2) is 36.0 Å². The smallest absolute Gasteiger partial charge is 0.268 e. The Labute approximate surface area is 236 Å². The average Bonchev–Trinajstić information content (AvgIpc) is 2.88. The lowest BCUT2D eigenvalue weighted by atomic mass is 9.87. The minimum absolute atomic E-state index is 0.104. The van der Waals surface area contributed by atoms with E-state index in [0.717, 1.165) is 33.4 Å². The molecule has 8 nitrogen and oxygen atoms in total. The van der Waals surface area contributed by atoms with Gasteiger partial charge in [-0.15, -0.1) is 0 Å². The topological polar surface area (TPSA) is 130 Å². The van der Waals surface area contributed by atoms with Crippen LogP contribution in [0.3, 0.4) is 0 Å². The quantitative estimate of drug-likeness (QED) is 0.261. The van der Waals surface area contributed by atoms with E-state index in [1.807, 2.05) is 50.2 Å². The van der Waals surface area contributed by atoms with Gasteiger partial charge in [0.2, 0.25) is 0 Å². The average molecular weight is 640 g/mol. The number of carbonyl (C=O) groups excluding carboxylic acids is 2. The zero-order valence-electron chi connectivity index (χ0n) is 21.1. The van der Waals surface area contributed by atoms with Crippen LogP contribution in [0.2, 0.25) is 0 Å². The Hall–Kier alpha value is -3.76. The van der Waals surface area contributed by atoms with E-state index in [2.05, 4.69) is 41.8 Å². The summed E-state index contributed by atoms with van der Waals surface area (Å²) >= 11 is 6.92. The first-order valence-electron chi connectivity index (χ1n) is 11.4. The van der Waals surface area contributed by atoms with Crippen LogP contribution in [0.5, 0.6) is 11.5 Å². The van der Waals surface area contributed by atoms with E-state index in [9.17, 15) is 9.59 Å². The van der Waals surface area contributed by atoms with Gasteiger partial charge in [-0.05, 0) is 79.1 Å². The Bertz CT molecular complexity index is 1490. The van der Waals surface area contributed by atoms with Gasteiger partial charge in [0.15, 0.2) is 0 Å². The van der Waals surface area contributed by atoms with E-state index < -0.39 is 11.8 Å². The predicted octanol–water partition coefficient (Wildman–Crippen LogP) is 5.83. The number of pyridine rings is 2. The van der Waals surface area contributed by atoms with Gasteiger partial charge in [0, 0.05) is 12.4 Å². The Morgan fingerprint density at radius 1 is 0.684 bits per heavy atom. The molecule has 0 aliphatic heterocycles. The van der Waals surface area contributed by atoms with Gasteiger partial charge in [0.05, 0.1) is 34.3 Å². The molecule has 0 spiro atoms. The van der Waals surface area contributed by atoms with Crippen molar-refractivity contribution >= 4 is 43.7 Å². The highest BCUT2D eigenvalue weighted by Gasteiger charge is 2.25. The number of amides is 2. The first-order valence-corrected chi connectivity index (χ1v) is 13.0. The van der Waals surface area contributed by atoms with Crippen LogP contribution in [0.1, 0.15) is 32.1 Å². The highest BCUT2D eigenvalue weighted by molar-refractivity contribution is 9.10. The molecule has 0 bridgehead atoms. The maximum Gasteiger partial charge on any atom is 0.268 e. The maximum absolute atomic E-state index is 12.3. The van der Waals surface area contributed by atoms with Gasteiger partial charge >= 0.3 is 0 Å². The van der Waals surface area contributed by atoms with Crippen LogP contribution in [0.4, 0.5) is 0 Å². The van der Waals surface area contributed by atoms with Crippen molar-refractivity contribution in [3.63, 3.8) is 0 Å². The summed E-state index contributed by atoms with van der Waals surface area (Å²) in [5.74, 6) is -0.421. The minimum atomic E-state index is -0.665. The number of ether oxygens (including phenoxy) is 2. The van der Waals surface area contributed by atoms with Crippen LogP contribution < -0.4 is 20.9 Å². The summed E-state index contributed by atoms with van der Waals surface area (Å²) < 4.78 is 12.4. The third-order valence-corrected chi connectivity index (χ3v) is 7.48. The van der Waals surface area contributed by atoms with Crippen molar-refractivity contribution in [3.8, 4) is 44.9 Å². The summed E-state index contributed by atoms with van der Waals surface area (Å²) in [5, 5.41) is 0. The summed E-state index contributed by atoms with van der Waals surface area (Å²) in [7, 11) is 3.05. The molecule has 2 heterocycles. The SMILES string of the molecule is COc1c(Br)cnc(C(N)=O)c1-c1cccc(-c2cccc(-c3c(C(N)=O)ncc(Br)c3OC)c2C)c1C. The highest BCUT2D eigenvalue weighted by atomic mass is 79.9. The zero-order valence-corrected chi connectivity index (χ0v) is 24.2. The number of halogens is 2. The Morgan fingerprint density at radius 2 is 1.03 bits per heavy atom. The first-order chi connectivity index (χ1) is 18.1. The largest absolute Gasteiger partial charge is 0.495 e. The summed E-state index contributed by atoms with van der Waals surface area (Å²) in [6.45, 7) is 3.91. The Balaban J connectivity index is 2.01. The van der Waals surface area contributed by atoms with Gasteiger partial charge in [-0.1, -0.05) is 36.4 Å². The number of rotatable bonds is 7. The van der Waals surface area contributed by atoms with Gasteiger partial charge in [0.25, 0.3) is 11.8 Å². The molecule has 194 valence electrons. The van der Waals surface area contributed by atoms with Crippen molar-refractivity contribution in [2.45, 2.75) is 13.8 Å². The minimum Gasteiger partial charge on any atom is -0.495 e. The molecule has 0 aliphatic carbocycles. The van der Waals surface area contributed by atoms with Crippen LogP contribution in [0.15, 0.2) is 57.7 Å². The number of hydrogen-bond acceptors (Lipinski definition) is 6. The van der Waals surface area contributed by atoms with E-state index in [-0.39, 0.29) is 11.4 Å². The molecular formula is C28H24Br2N4O4. The molecule has 10 heteroatoms. The van der Waals surface area contributed by atoms with Gasteiger partial charge in [-0.25, -0.2) is 9.97 Å². The van der Waals surface area contributed by atoms with Crippen molar-refractivity contribution in [2.75, 3.05) is 14.2 Å². The fourth-order valence-electron chi connectivity index (χ4n) is 4.61. The van der Waals surface area contributed by atoms with E-state index >= 15 is 0 Å². The molecule has 4 rings (SSSR count). The van der Waals surface area contributed by atoms with Crippen LogP contribution >= 0.6 is 31.9 Å². The molecule has 0 unspecified atom stereocenters. The number of carbonyl (C=O) groups is 2. The molecule has 0 saturated carbocycles. The molecule has 0 atom stereocenters. The van der Waals surface area contributed by atoms with Gasteiger partial charge in [-0.3, -0.25) is 9.59 Å². The van der Waals surface area contributed by atoms with Crippen molar-refractivity contribution in [2.24, 2.45) is 11.5 Å². The van der Waals surface area contributed by atoms with E-state index in [0.29, 0.717) is 31.6 Å². The number of hydrogen-bond donors (Lipinski definition) is 2. The summed E-state index contributed by atoms with van der Waals surface area (Å²) in [4.78, 5) is 33.1. The molecule has 2 aromatic heterocycles. The first kappa shape index (κ1) is 27.3. The molecule has 4 aromatic rings. The van der Waals surface area contributed by atoms with Crippen LogP contribution in [-0.2, 0) is 0 Å². The second-order valence-electron chi connectivity index (χ2n) is 8.41. The van der Waals surface area contributed by atoms with Gasteiger partial charge < -0.3 is 20.9 Å². The lowest BCUT2D eigenvalue weighted by Gasteiger charge is -2.20. The number of nitrogens with zero attached hydrogens (tertiary/aromatic N) is 2. The van der Waals surface area contributed by atoms with Gasteiger partial charge in [0.1, 0.15) is 22.9 Å². The Kier molecular flexibility index (Phi) is 7.84. The fraction of sp³-hybridized carbons (Fsp3) is 0.143.